The fraction of sp³-hybridized carbons (Fsp3) is 0.0500. The highest BCUT2D eigenvalue weighted by Crippen LogP contribution is 2.47. The maximum absolute atomic E-state index is 9.72. The minimum absolute atomic E-state index is 0.136. The van der Waals surface area contributed by atoms with Crippen LogP contribution in [0.25, 0.3) is 22.2 Å². The van der Waals surface area contributed by atoms with Crippen molar-refractivity contribution in [1.82, 2.24) is 9.97 Å². The van der Waals surface area contributed by atoms with Crippen molar-refractivity contribution in [2.75, 3.05) is 5.32 Å². The van der Waals surface area contributed by atoms with Crippen LogP contribution in [0.4, 0.5) is 5.69 Å². The van der Waals surface area contributed by atoms with Gasteiger partial charge in [0, 0.05) is 45.2 Å². The SMILES string of the molecule is Oc1ccc(C2Nc3ccccc3-c3c(Cl)cnc4[nH]cc2c34)c(Cl)c1. The van der Waals surface area contributed by atoms with Crippen LogP contribution in [0.1, 0.15) is 17.2 Å². The van der Waals surface area contributed by atoms with Crippen molar-refractivity contribution in [2.45, 2.75) is 6.04 Å². The monoisotopic (exact) mass is 381 g/mol. The van der Waals surface area contributed by atoms with Crippen LogP contribution in [0.5, 0.6) is 5.75 Å². The van der Waals surface area contributed by atoms with Crippen LogP contribution >= 0.6 is 23.2 Å². The van der Waals surface area contributed by atoms with E-state index in [1.807, 2.05) is 36.5 Å². The summed E-state index contributed by atoms with van der Waals surface area (Å²) in [6, 6.07) is 12.9. The number of benzene rings is 2. The maximum Gasteiger partial charge on any atom is 0.138 e. The minimum Gasteiger partial charge on any atom is -0.508 e. The van der Waals surface area contributed by atoms with Gasteiger partial charge in [0.25, 0.3) is 0 Å². The van der Waals surface area contributed by atoms with Crippen LogP contribution in [-0.2, 0) is 0 Å². The molecule has 2 aromatic carbocycles. The lowest BCUT2D eigenvalue weighted by molar-refractivity contribution is 0.475. The van der Waals surface area contributed by atoms with Crippen molar-refractivity contribution >= 4 is 39.9 Å². The van der Waals surface area contributed by atoms with Crippen LogP contribution in [0, 0.1) is 0 Å². The molecule has 3 heterocycles. The first-order chi connectivity index (χ1) is 12.6. The third kappa shape index (κ3) is 2.19. The maximum atomic E-state index is 9.72. The first-order valence-electron chi connectivity index (χ1n) is 8.13. The number of phenols is 1. The van der Waals surface area contributed by atoms with E-state index in [4.69, 9.17) is 23.2 Å². The topological polar surface area (TPSA) is 60.9 Å². The van der Waals surface area contributed by atoms with Gasteiger partial charge in [-0.1, -0.05) is 47.5 Å². The molecule has 1 aliphatic rings. The Morgan fingerprint density at radius 2 is 1.85 bits per heavy atom. The van der Waals surface area contributed by atoms with Crippen molar-refractivity contribution in [3.05, 3.63) is 76.0 Å². The number of hydrogen-bond donors (Lipinski definition) is 3. The Labute approximate surface area is 159 Å². The molecular formula is C20H13Cl2N3O. The molecule has 26 heavy (non-hydrogen) atoms. The standard InChI is InChI=1S/C20H13Cl2N3O/c21-14-7-10(26)5-6-11(14)19-13-8-23-20-18(13)17(15(22)9-24-20)12-3-1-2-4-16(12)25-19/h1-9,19,25-26H,(H,23,24). The highest BCUT2D eigenvalue weighted by molar-refractivity contribution is 6.35. The Morgan fingerprint density at radius 1 is 1.00 bits per heavy atom. The molecule has 0 spiro atoms. The van der Waals surface area contributed by atoms with E-state index in [0.717, 1.165) is 39.0 Å². The molecule has 0 saturated carbocycles. The van der Waals surface area contributed by atoms with Gasteiger partial charge in [-0.05, 0) is 23.8 Å². The zero-order valence-corrected chi connectivity index (χ0v) is 14.9. The second-order valence-electron chi connectivity index (χ2n) is 6.28. The van der Waals surface area contributed by atoms with Gasteiger partial charge in [-0.2, -0.15) is 0 Å². The molecule has 0 aliphatic carbocycles. The van der Waals surface area contributed by atoms with Gasteiger partial charge < -0.3 is 15.4 Å². The van der Waals surface area contributed by atoms with Crippen LogP contribution in [0.2, 0.25) is 10.0 Å². The lowest BCUT2D eigenvalue weighted by Gasteiger charge is -2.20. The number of phenolic OH excluding ortho intramolecular Hbond substituents is 1. The fourth-order valence-electron chi connectivity index (χ4n) is 3.64. The third-order valence-electron chi connectivity index (χ3n) is 4.79. The van der Waals surface area contributed by atoms with Crippen LogP contribution < -0.4 is 5.32 Å². The molecular weight excluding hydrogens is 369 g/mol. The smallest absolute Gasteiger partial charge is 0.138 e. The summed E-state index contributed by atoms with van der Waals surface area (Å²) >= 11 is 13.0. The molecule has 5 rings (SSSR count). The Bertz CT molecular complexity index is 1170. The van der Waals surface area contributed by atoms with E-state index in [1.165, 1.54) is 0 Å². The summed E-state index contributed by atoms with van der Waals surface area (Å²) in [5, 5.41) is 15.4. The second-order valence-corrected chi connectivity index (χ2v) is 7.09. The number of para-hydroxylation sites is 1. The number of hydrogen-bond acceptors (Lipinski definition) is 3. The summed E-state index contributed by atoms with van der Waals surface area (Å²) in [4.78, 5) is 7.67. The predicted molar refractivity (Wildman–Crippen MR) is 105 cm³/mol. The molecule has 128 valence electrons. The molecule has 0 radical (unpaired) electrons. The molecule has 1 atom stereocenters. The average Bonchev–Trinajstić information content (AvgIpc) is 2.98. The van der Waals surface area contributed by atoms with E-state index < -0.39 is 0 Å². The number of rotatable bonds is 1. The molecule has 3 N–H and O–H groups in total. The lowest BCUT2D eigenvalue weighted by Crippen LogP contribution is -2.11. The first-order valence-corrected chi connectivity index (χ1v) is 8.89. The van der Waals surface area contributed by atoms with Crippen molar-refractivity contribution in [2.24, 2.45) is 0 Å². The minimum atomic E-state index is -0.209. The summed E-state index contributed by atoms with van der Waals surface area (Å²) in [5.74, 6) is 0.136. The van der Waals surface area contributed by atoms with E-state index in [9.17, 15) is 5.11 Å². The van der Waals surface area contributed by atoms with Gasteiger partial charge in [-0.25, -0.2) is 4.98 Å². The highest BCUT2D eigenvalue weighted by atomic mass is 35.5. The number of aromatic nitrogens is 2. The third-order valence-corrected chi connectivity index (χ3v) is 5.40. The number of nitrogens with one attached hydrogen (secondary N) is 2. The van der Waals surface area contributed by atoms with Crippen molar-refractivity contribution in [1.29, 1.82) is 0 Å². The van der Waals surface area contributed by atoms with Crippen LogP contribution in [0.3, 0.4) is 0 Å². The van der Waals surface area contributed by atoms with E-state index in [0.29, 0.717) is 10.0 Å². The number of aromatic amines is 1. The number of anilines is 1. The molecule has 0 saturated heterocycles. The lowest BCUT2D eigenvalue weighted by atomic mass is 9.97. The van der Waals surface area contributed by atoms with Crippen molar-refractivity contribution in [3.63, 3.8) is 0 Å². The zero-order chi connectivity index (χ0) is 17.8. The molecule has 1 unspecified atom stereocenters. The number of halogens is 2. The molecule has 6 heteroatoms. The van der Waals surface area contributed by atoms with Gasteiger partial charge >= 0.3 is 0 Å². The molecule has 1 aliphatic heterocycles. The highest BCUT2D eigenvalue weighted by Gasteiger charge is 2.28. The Kier molecular flexibility index (Phi) is 3.39. The van der Waals surface area contributed by atoms with Gasteiger partial charge in [-0.3, -0.25) is 0 Å². The normalized spacial score (nSPS) is 15.4. The van der Waals surface area contributed by atoms with E-state index >= 15 is 0 Å². The van der Waals surface area contributed by atoms with Crippen LogP contribution in [0.15, 0.2) is 54.9 Å². The number of pyridine rings is 1. The number of nitrogens with zero attached hydrogens (tertiary/aromatic N) is 1. The predicted octanol–water partition coefficient (Wildman–Crippen LogP) is 5.76. The second kappa shape index (κ2) is 5.66. The summed E-state index contributed by atoms with van der Waals surface area (Å²) in [6.07, 6.45) is 3.61. The quantitative estimate of drug-likeness (QED) is 0.392. The summed E-state index contributed by atoms with van der Waals surface area (Å²) < 4.78 is 0. The number of aromatic hydroxyl groups is 1. The Hall–Kier alpha value is -2.69. The van der Waals surface area contributed by atoms with E-state index in [-0.39, 0.29) is 11.8 Å². The molecule has 4 aromatic rings. The van der Waals surface area contributed by atoms with Gasteiger partial charge in [0.1, 0.15) is 11.4 Å². The van der Waals surface area contributed by atoms with E-state index in [2.05, 4.69) is 15.3 Å². The molecule has 2 aromatic heterocycles. The van der Waals surface area contributed by atoms with E-state index in [1.54, 1.807) is 18.3 Å². The average molecular weight is 382 g/mol. The zero-order valence-electron chi connectivity index (χ0n) is 13.4. The van der Waals surface area contributed by atoms with Gasteiger partial charge in [0.05, 0.1) is 11.1 Å². The summed E-state index contributed by atoms with van der Waals surface area (Å²) in [5.41, 5.74) is 5.59. The molecule has 0 amide bonds. The van der Waals surface area contributed by atoms with Crippen molar-refractivity contribution in [3.8, 4) is 16.9 Å². The number of fused-ring (bicyclic) bond motifs is 2. The van der Waals surface area contributed by atoms with Gasteiger partial charge in [0.15, 0.2) is 0 Å². The summed E-state index contributed by atoms with van der Waals surface area (Å²) in [7, 11) is 0. The first kappa shape index (κ1) is 15.6. The summed E-state index contributed by atoms with van der Waals surface area (Å²) in [6.45, 7) is 0. The van der Waals surface area contributed by atoms with Crippen molar-refractivity contribution < 1.29 is 5.11 Å². The Balaban J connectivity index is 1.87. The van der Waals surface area contributed by atoms with Gasteiger partial charge in [-0.15, -0.1) is 0 Å². The molecule has 0 fully saturated rings. The van der Waals surface area contributed by atoms with Crippen LogP contribution in [-0.4, -0.2) is 15.1 Å². The number of H-pyrrole nitrogens is 1. The molecule has 4 nitrogen and oxygen atoms in total. The Morgan fingerprint density at radius 3 is 2.69 bits per heavy atom. The van der Waals surface area contributed by atoms with Gasteiger partial charge in [0.2, 0.25) is 0 Å². The largest absolute Gasteiger partial charge is 0.508 e. The molecule has 0 bridgehead atoms. The fourth-order valence-corrected chi connectivity index (χ4v) is 4.17.